The van der Waals surface area contributed by atoms with E-state index < -0.39 is 52.5 Å². The number of nitrogens with zero attached hydrogens (tertiary/aromatic N) is 2. The average Bonchev–Trinajstić information content (AvgIpc) is 3.94. The van der Waals surface area contributed by atoms with E-state index >= 15 is 0 Å². The highest BCUT2D eigenvalue weighted by molar-refractivity contribution is 7.84. The lowest BCUT2D eigenvalue weighted by Gasteiger charge is -2.28. The molecule has 2 unspecified atom stereocenters. The number of carbonyl (C=O) groups excluding carboxylic acids is 3. The summed E-state index contributed by atoms with van der Waals surface area (Å²) in [6.07, 6.45) is 1.60. The van der Waals surface area contributed by atoms with Crippen molar-refractivity contribution in [2.24, 2.45) is 11.8 Å². The van der Waals surface area contributed by atoms with Crippen LogP contribution in [0.15, 0.2) is 30.9 Å². The van der Waals surface area contributed by atoms with Crippen molar-refractivity contribution in [1.29, 1.82) is 0 Å². The highest BCUT2D eigenvalue weighted by Gasteiger charge is 2.61. The summed E-state index contributed by atoms with van der Waals surface area (Å²) in [6.45, 7) is 11.4. The Labute approximate surface area is 265 Å². The molecule has 6 atom stereocenters. The molecule has 0 bridgehead atoms. The van der Waals surface area contributed by atoms with Gasteiger partial charge >= 0.3 is 0 Å². The van der Waals surface area contributed by atoms with Gasteiger partial charge in [0.15, 0.2) is 0 Å². The van der Waals surface area contributed by atoms with Gasteiger partial charge in [0, 0.05) is 29.4 Å². The smallest absolute Gasteiger partial charge is 0.258 e. The standard InChI is InChI=1S/C32H42N4O8S/c1-7-19-15-32(19,31(40)35-45(41)21-9-10-21)34-29(38)23-13-20(16-36(23)30(39)28(37)17(3)4)44-25-14-26(43-8-2)33-27-18(5)24(42-6)12-11-22(25)27/h7,11-12,14,17,19-21,23,28,37H,1,8-10,13,15-16H2,2-6H3,(H,34,38)(H,35,40)/t19?,20-,23+,28+,32-,45?/m1/s1. The molecule has 12 nitrogen and oxygen atoms in total. The first-order valence-electron chi connectivity index (χ1n) is 15.4. The molecule has 3 aliphatic rings. The van der Waals surface area contributed by atoms with Gasteiger partial charge in [0.25, 0.3) is 11.8 Å². The molecule has 2 heterocycles. The topological polar surface area (TPSA) is 156 Å². The number of carbonyl (C=O) groups is 3. The van der Waals surface area contributed by atoms with Crippen LogP contribution in [0.25, 0.3) is 10.9 Å². The molecule has 13 heteroatoms. The molecule has 1 saturated heterocycles. The number of nitrogens with one attached hydrogen (secondary N) is 2. The van der Waals surface area contributed by atoms with E-state index in [1.54, 1.807) is 33.1 Å². The van der Waals surface area contributed by atoms with Gasteiger partial charge < -0.3 is 29.5 Å². The predicted octanol–water partition coefficient (Wildman–Crippen LogP) is 2.32. The third-order valence-corrected chi connectivity index (χ3v) is 10.2. The van der Waals surface area contributed by atoms with Gasteiger partial charge in [0.2, 0.25) is 11.8 Å². The van der Waals surface area contributed by atoms with E-state index in [-0.39, 0.29) is 30.1 Å². The quantitative estimate of drug-likeness (QED) is 0.279. The minimum Gasteiger partial charge on any atom is -0.496 e. The highest BCUT2D eigenvalue weighted by atomic mass is 32.2. The van der Waals surface area contributed by atoms with E-state index in [9.17, 15) is 23.7 Å². The fourth-order valence-corrected chi connectivity index (χ4v) is 6.89. The van der Waals surface area contributed by atoms with Crippen LogP contribution in [-0.2, 0) is 25.4 Å². The van der Waals surface area contributed by atoms with Crippen molar-refractivity contribution >= 4 is 39.6 Å². The van der Waals surface area contributed by atoms with Crippen molar-refractivity contribution in [2.75, 3.05) is 20.3 Å². The molecule has 2 saturated carbocycles. The highest BCUT2D eigenvalue weighted by Crippen LogP contribution is 2.45. The van der Waals surface area contributed by atoms with Crippen LogP contribution in [0.5, 0.6) is 17.4 Å². The number of amides is 3. The van der Waals surface area contributed by atoms with Crippen molar-refractivity contribution in [3.05, 3.63) is 36.4 Å². The maximum Gasteiger partial charge on any atom is 0.258 e. The van der Waals surface area contributed by atoms with Crippen molar-refractivity contribution in [1.82, 2.24) is 19.9 Å². The lowest BCUT2D eigenvalue weighted by atomic mass is 10.1. The summed E-state index contributed by atoms with van der Waals surface area (Å²) < 4.78 is 32.7. The summed E-state index contributed by atoms with van der Waals surface area (Å²) in [6, 6.07) is 4.30. The van der Waals surface area contributed by atoms with Crippen LogP contribution in [-0.4, -0.2) is 86.2 Å². The van der Waals surface area contributed by atoms with Gasteiger partial charge in [-0.3, -0.25) is 19.1 Å². The number of aromatic nitrogens is 1. The van der Waals surface area contributed by atoms with Gasteiger partial charge in [-0.2, -0.15) is 0 Å². The van der Waals surface area contributed by atoms with Crippen molar-refractivity contribution in [3.8, 4) is 17.4 Å². The number of methoxy groups -OCH3 is 1. The first-order valence-corrected chi connectivity index (χ1v) is 16.6. The Morgan fingerprint density at radius 2 is 2.00 bits per heavy atom. The van der Waals surface area contributed by atoms with Gasteiger partial charge in [-0.25, -0.2) is 9.19 Å². The van der Waals surface area contributed by atoms with Crippen molar-refractivity contribution in [3.63, 3.8) is 0 Å². The monoisotopic (exact) mass is 642 g/mol. The summed E-state index contributed by atoms with van der Waals surface area (Å²) >= 11 is 0. The van der Waals surface area contributed by atoms with Crippen LogP contribution in [0.3, 0.4) is 0 Å². The second kappa shape index (κ2) is 13.0. The molecule has 3 fully saturated rings. The lowest BCUT2D eigenvalue weighted by Crippen LogP contribution is -2.57. The molecule has 45 heavy (non-hydrogen) atoms. The Hall–Kier alpha value is -3.71. The summed E-state index contributed by atoms with van der Waals surface area (Å²) in [5.74, 6) is -0.958. The molecule has 0 spiro atoms. The SMILES string of the molecule is C=CC1C[C@]1(NC(=O)[C@@H]1C[C@@H](Oc2cc(OCC)nc3c(C)c(OC)ccc23)CN1C(=O)[C@@H](O)C(C)C)C(=O)NS(=O)C1CC1. The van der Waals surface area contributed by atoms with Crippen LogP contribution in [0, 0.1) is 18.8 Å². The van der Waals surface area contributed by atoms with Gasteiger partial charge in [-0.1, -0.05) is 19.9 Å². The van der Waals surface area contributed by atoms with E-state index in [0.717, 1.165) is 18.4 Å². The van der Waals surface area contributed by atoms with Gasteiger partial charge in [0.05, 0.1) is 31.0 Å². The minimum absolute atomic E-state index is 0.0272. The molecule has 1 aromatic carbocycles. The number of aryl methyl sites for hydroxylation is 1. The Bertz CT molecular complexity index is 1530. The Morgan fingerprint density at radius 3 is 2.60 bits per heavy atom. The molecule has 1 aliphatic heterocycles. The largest absolute Gasteiger partial charge is 0.496 e. The second-order valence-corrected chi connectivity index (χ2v) is 13.8. The number of hydrogen-bond acceptors (Lipinski definition) is 9. The number of aliphatic hydroxyl groups excluding tert-OH is 1. The summed E-state index contributed by atoms with van der Waals surface area (Å²) in [4.78, 5) is 46.6. The van der Waals surface area contributed by atoms with Crippen LogP contribution in [0.4, 0.5) is 0 Å². The Morgan fingerprint density at radius 1 is 1.27 bits per heavy atom. The number of aliphatic hydroxyl groups is 1. The molecule has 244 valence electrons. The fourth-order valence-electron chi connectivity index (χ4n) is 5.79. The van der Waals surface area contributed by atoms with E-state index in [1.807, 2.05) is 26.0 Å². The number of likely N-dealkylation sites (tertiary alicyclic amines) is 1. The molecule has 2 aliphatic carbocycles. The number of hydrogen-bond donors (Lipinski definition) is 3. The minimum atomic E-state index is -1.53. The molecule has 5 rings (SSSR count). The first kappa shape index (κ1) is 32.7. The summed E-state index contributed by atoms with van der Waals surface area (Å²) in [7, 11) is 0.0510. The molecule has 3 amide bonds. The molecule has 1 aromatic heterocycles. The normalized spacial score (nSPS) is 25.4. The number of ether oxygens (including phenoxy) is 3. The summed E-state index contributed by atoms with van der Waals surface area (Å²) in [5.41, 5.74) is 0.124. The number of rotatable bonds is 13. The first-order chi connectivity index (χ1) is 21.4. The van der Waals surface area contributed by atoms with Gasteiger partial charge in [-0.05, 0) is 51.2 Å². The van der Waals surface area contributed by atoms with E-state index in [0.29, 0.717) is 41.3 Å². The van der Waals surface area contributed by atoms with Crippen molar-refractivity contribution in [2.45, 2.75) is 82.4 Å². The number of fused-ring (bicyclic) bond motifs is 1. The third kappa shape index (κ3) is 6.51. The summed E-state index contributed by atoms with van der Waals surface area (Å²) in [5, 5.41) is 14.2. The molecule has 0 radical (unpaired) electrons. The Kier molecular flexibility index (Phi) is 9.41. The van der Waals surface area contributed by atoms with Crippen LogP contribution in [0.1, 0.15) is 52.0 Å². The maximum atomic E-state index is 13.9. The fraction of sp³-hybridized carbons (Fsp3) is 0.562. The molecular formula is C32H42N4O8S. The molecule has 3 N–H and O–H groups in total. The number of benzene rings is 1. The lowest BCUT2D eigenvalue weighted by molar-refractivity contribution is -0.147. The molecule has 2 aromatic rings. The van der Waals surface area contributed by atoms with Gasteiger partial charge in [0.1, 0.15) is 46.3 Å². The predicted molar refractivity (Wildman–Crippen MR) is 168 cm³/mol. The second-order valence-electron chi connectivity index (χ2n) is 12.3. The zero-order chi connectivity index (χ0) is 32.6. The van der Waals surface area contributed by atoms with E-state index in [4.69, 9.17) is 14.2 Å². The zero-order valence-electron chi connectivity index (χ0n) is 26.3. The third-order valence-electron chi connectivity index (χ3n) is 8.73. The molecular weight excluding hydrogens is 600 g/mol. The zero-order valence-corrected chi connectivity index (χ0v) is 27.1. The van der Waals surface area contributed by atoms with E-state index in [2.05, 4.69) is 21.6 Å². The Balaban J connectivity index is 1.42. The number of pyridine rings is 1. The van der Waals surface area contributed by atoms with Crippen LogP contribution >= 0.6 is 0 Å². The van der Waals surface area contributed by atoms with Crippen LogP contribution in [0.2, 0.25) is 0 Å². The van der Waals surface area contributed by atoms with Gasteiger partial charge in [-0.15, -0.1) is 6.58 Å². The maximum absolute atomic E-state index is 13.9. The van der Waals surface area contributed by atoms with Crippen molar-refractivity contribution < 1.29 is 37.9 Å². The average molecular weight is 643 g/mol. The van der Waals surface area contributed by atoms with E-state index in [1.165, 1.54) is 4.90 Å². The van der Waals surface area contributed by atoms with Crippen LogP contribution < -0.4 is 24.2 Å².